The molecule has 1 aromatic carbocycles. The molecule has 1 aromatic rings. The molecule has 0 fully saturated rings. The average molecular weight is 203 g/mol. The molecule has 0 aromatic heterocycles. The third-order valence-corrected chi connectivity index (χ3v) is 2.05. The van der Waals surface area contributed by atoms with E-state index in [-0.39, 0.29) is 5.91 Å². The van der Waals surface area contributed by atoms with E-state index < -0.39 is 0 Å². The van der Waals surface area contributed by atoms with Crippen LogP contribution in [0.1, 0.15) is 24.5 Å². The first kappa shape index (κ1) is 11.5. The summed E-state index contributed by atoms with van der Waals surface area (Å²) in [5, 5.41) is 2.79. The molecule has 1 N–H and O–H groups in total. The molecule has 0 atom stereocenters. The van der Waals surface area contributed by atoms with Gasteiger partial charge in [0.1, 0.15) is 0 Å². The summed E-state index contributed by atoms with van der Waals surface area (Å²) in [6.07, 6.45) is 4.36. The van der Waals surface area contributed by atoms with Crippen LogP contribution in [0.5, 0.6) is 0 Å². The summed E-state index contributed by atoms with van der Waals surface area (Å²) >= 11 is 0. The van der Waals surface area contributed by atoms with E-state index in [2.05, 4.69) is 5.32 Å². The zero-order valence-corrected chi connectivity index (χ0v) is 9.29. The van der Waals surface area contributed by atoms with Crippen LogP contribution in [0.4, 0.5) is 0 Å². The monoisotopic (exact) mass is 203 g/mol. The first-order chi connectivity index (χ1) is 7.22. The lowest BCUT2D eigenvalue weighted by atomic mass is 10.1. The molecule has 0 aliphatic carbocycles. The lowest BCUT2D eigenvalue weighted by Gasteiger charge is -1.98. The van der Waals surface area contributed by atoms with Gasteiger partial charge in [0, 0.05) is 12.6 Å². The number of nitrogens with one attached hydrogen (secondary N) is 1. The van der Waals surface area contributed by atoms with Crippen LogP contribution < -0.4 is 5.32 Å². The summed E-state index contributed by atoms with van der Waals surface area (Å²) in [6, 6.07) is 8.06. The molecule has 0 aliphatic rings. The Hall–Kier alpha value is -1.57. The second kappa shape index (κ2) is 6.02. The minimum Gasteiger partial charge on any atom is -0.353 e. The highest BCUT2D eigenvalue weighted by molar-refractivity contribution is 5.91. The minimum absolute atomic E-state index is 0.0302. The van der Waals surface area contributed by atoms with Gasteiger partial charge in [0.15, 0.2) is 0 Å². The van der Waals surface area contributed by atoms with Gasteiger partial charge in [-0.05, 0) is 25.0 Å². The molecule has 0 saturated heterocycles. The molecule has 0 saturated carbocycles. The van der Waals surface area contributed by atoms with Crippen LogP contribution >= 0.6 is 0 Å². The number of carbonyl (C=O) groups excluding carboxylic acids is 1. The van der Waals surface area contributed by atoms with Gasteiger partial charge in [-0.2, -0.15) is 0 Å². The summed E-state index contributed by atoms with van der Waals surface area (Å²) < 4.78 is 0. The average Bonchev–Trinajstić information content (AvgIpc) is 2.25. The third-order valence-electron chi connectivity index (χ3n) is 2.05. The summed E-state index contributed by atoms with van der Waals surface area (Å²) in [4.78, 5) is 11.2. The Labute approximate surface area is 91.0 Å². The fourth-order valence-electron chi connectivity index (χ4n) is 1.16. The molecule has 0 bridgehead atoms. The molecule has 0 heterocycles. The normalized spacial score (nSPS) is 10.5. The van der Waals surface area contributed by atoms with Crippen molar-refractivity contribution in [1.29, 1.82) is 0 Å². The number of hydrogen-bond donors (Lipinski definition) is 1. The maximum atomic E-state index is 11.2. The van der Waals surface area contributed by atoms with Crippen molar-refractivity contribution in [3.63, 3.8) is 0 Å². The zero-order chi connectivity index (χ0) is 11.1. The first-order valence-electron chi connectivity index (χ1n) is 5.25. The Morgan fingerprint density at radius 1 is 1.33 bits per heavy atom. The highest BCUT2D eigenvalue weighted by Crippen LogP contribution is 2.04. The molecule has 1 rings (SSSR count). The van der Waals surface area contributed by atoms with Crippen molar-refractivity contribution in [2.75, 3.05) is 6.54 Å². The Morgan fingerprint density at radius 3 is 2.60 bits per heavy atom. The largest absolute Gasteiger partial charge is 0.353 e. The number of benzene rings is 1. The summed E-state index contributed by atoms with van der Waals surface area (Å²) in [5.74, 6) is -0.0302. The Balaban J connectivity index is 2.50. The Kier molecular flexibility index (Phi) is 4.61. The van der Waals surface area contributed by atoms with Gasteiger partial charge in [-0.25, -0.2) is 0 Å². The first-order valence-corrected chi connectivity index (χ1v) is 5.25. The molecule has 0 unspecified atom stereocenters. The van der Waals surface area contributed by atoms with Crippen molar-refractivity contribution < 1.29 is 4.79 Å². The van der Waals surface area contributed by atoms with Crippen LogP contribution in [0.25, 0.3) is 6.08 Å². The lowest BCUT2D eigenvalue weighted by molar-refractivity contribution is -0.116. The van der Waals surface area contributed by atoms with Crippen molar-refractivity contribution in [1.82, 2.24) is 5.32 Å². The van der Waals surface area contributed by atoms with E-state index in [4.69, 9.17) is 0 Å². The molecule has 2 nitrogen and oxygen atoms in total. The number of rotatable bonds is 4. The Morgan fingerprint density at radius 2 is 2.00 bits per heavy atom. The van der Waals surface area contributed by atoms with E-state index in [0.29, 0.717) is 0 Å². The van der Waals surface area contributed by atoms with E-state index >= 15 is 0 Å². The quantitative estimate of drug-likeness (QED) is 0.748. The van der Waals surface area contributed by atoms with Crippen molar-refractivity contribution in [3.05, 3.63) is 41.5 Å². The maximum Gasteiger partial charge on any atom is 0.243 e. The maximum absolute atomic E-state index is 11.2. The van der Waals surface area contributed by atoms with Gasteiger partial charge in [0.25, 0.3) is 0 Å². The number of aryl methyl sites for hydroxylation is 1. The van der Waals surface area contributed by atoms with Crippen LogP contribution in [0.15, 0.2) is 30.3 Å². The smallest absolute Gasteiger partial charge is 0.243 e. The van der Waals surface area contributed by atoms with Gasteiger partial charge in [-0.15, -0.1) is 0 Å². The highest BCUT2D eigenvalue weighted by Gasteiger charge is 1.92. The topological polar surface area (TPSA) is 29.1 Å². The van der Waals surface area contributed by atoms with Gasteiger partial charge in [0.2, 0.25) is 5.91 Å². The standard InChI is InChI=1S/C13H17NO/c1-3-10-14-13(15)9-8-12-6-4-11(2)5-7-12/h4-9H,3,10H2,1-2H3,(H,14,15). The molecule has 2 heteroatoms. The van der Waals surface area contributed by atoms with E-state index in [1.807, 2.05) is 44.2 Å². The molecule has 1 amide bonds. The summed E-state index contributed by atoms with van der Waals surface area (Å²) in [5.41, 5.74) is 2.27. The lowest BCUT2D eigenvalue weighted by Crippen LogP contribution is -2.21. The van der Waals surface area contributed by atoms with Crippen LogP contribution in [-0.2, 0) is 4.79 Å². The number of amides is 1. The Bertz CT molecular complexity index is 338. The second-order valence-corrected chi connectivity index (χ2v) is 3.54. The molecule has 15 heavy (non-hydrogen) atoms. The second-order valence-electron chi connectivity index (χ2n) is 3.54. The van der Waals surface area contributed by atoms with Crippen molar-refractivity contribution in [3.8, 4) is 0 Å². The van der Waals surface area contributed by atoms with Crippen molar-refractivity contribution >= 4 is 12.0 Å². The molecule has 0 spiro atoms. The van der Waals surface area contributed by atoms with Crippen LogP contribution in [0.2, 0.25) is 0 Å². The van der Waals surface area contributed by atoms with Gasteiger partial charge in [-0.1, -0.05) is 36.8 Å². The van der Waals surface area contributed by atoms with Gasteiger partial charge in [-0.3, -0.25) is 4.79 Å². The number of carbonyl (C=O) groups is 1. The fourth-order valence-corrected chi connectivity index (χ4v) is 1.16. The molecule has 80 valence electrons. The van der Waals surface area contributed by atoms with E-state index in [0.717, 1.165) is 18.5 Å². The van der Waals surface area contributed by atoms with E-state index in [1.54, 1.807) is 6.08 Å². The van der Waals surface area contributed by atoms with Crippen molar-refractivity contribution in [2.45, 2.75) is 20.3 Å². The summed E-state index contributed by atoms with van der Waals surface area (Å²) in [6.45, 7) is 4.81. The molecular formula is C13H17NO. The zero-order valence-electron chi connectivity index (χ0n) is 9.29. The van der Waals surface area contributed by atoms with E-state index in [1.165, 1.54) is 5.56 Å². The summed E-state index contributed by atoms with van der Waals surface area (Å²) in [7, 11) is 0. The van der Waals surface area contributed by atoms with Crippen LogP contribution in [-0.4, -0.2) is 12.5 Å². The molecular weight excluding hydrogens is 186 g/mol. The van der Waals surface area contributed by atoms with Gasteiger partial charge >= 0.3 is 0 Å². The van der Waals surface area contributed by atoms with E-state index in [9.17, 15) is 4.79 Å². The minimum atomic E-state index is -0.0302. The van der Waals surface area contributed by atoms with Crippen molar-refractivity contribution in [2.24, 2.45) is 0 Å². The SMILES string of the molecule is CCCNC(=O)C=Cc1ccc(C)cc1. The predicted octanol–water partition coefficient (Wildman–Crippen LogP) is 2.53. The number of hydrogen-bond acceptors (Lipinski definition) is 1. The molecule has 0 aliphatic heterocycles. The van der Waals surface area contributed by atoms with Crippen LogP contribution in [0.3, 0.4) is 0 Å². The molecule has 0 radical (unpaired) electrons. The van der Waals surface area contributed by atoms with Gasteiger partial charge < -0.3 is 5.32 Å². The van der Waals surface area contributed by atoms with Crippen LogP contribution in [0, 0.1) is 6.92 Å². The fraction of sp³-hybridized carbons (Fsp3) is 0.308. The predicted molar refractivity (Wildman–Crippen MR) is 63.5 cm³/mol. The highest BCUT2D eigenvalue weighted by atomic mass is 16.1. The third kappa shape index (κ3) is 4.45. The van der Waals surface area contributed by atoms with Gasteiger partial charge in [0.05, 0.1) is 0 Å².